The molecular formula is C9H8B2N3O. The summed E-state index contributed by atoms with van der Waals surface area (Å²) in [6.45, 7) is 0. The lowest BCUT2D eigenvalue weighted by molar-refractivity contribution is 0.0976. The van der Waals surface area contributed by atoms with Crippen LogP contribution in [0.4, 0.5) is 0 Å². The van der Waals surface area contributed by atoms with Gasteiger partial charge in [-0.3, -0.25) is 4.79 Å². The van der Waals surface area contributed by atoms with E-state index in [1.807, 2.05) is 29.9 Å². The van der Waals surface area contributed by atoms with E-state index in [4.69, 9.17) is 7.74 Å². The topological polar surface area (TPSA) is 46.9 Å². The average molecular weight is 196 g/mol. The van der Waals surface area contributed by atoms with Crippen LogP contribution in [0.3, 0.4) is 0 Å². The highest BCUT2D eigenvalue weighted by Gasteiger charge is 2.07. The van der Waals surface area contributed by atoms with Gasteiger partial charge >= 0.3 is 0 Å². The highest BCUT2D eigenvalue weighted by Crippen LogP contribution is 2.12. The SMILES string of the molecule is [B][B]NC(=O)c1ccc2ccn(C)c2n1. The first-order valence-corrected chi connectivity index (χ1v) is 4.49. The molecule has 3 radical (unpaired) electrons. The fraction of sp³-hybridized carbons (Fsp3) is 0.111. The fourth-order valence-corrected chi connectivity index (χ4v) is 1.41. The molecule has 0 bridgehead atoms. The summed E-state index contributed by atoms with van der Waals surface area (Å²) in [5, 5.41) is 3.39. The maximum Gasteiger partial charge on any atom is 0.257 e. The van der Waals surface area contributed by atoms with Crippen molar-refractivity contribution in [3.05, 3.63) is 30.1 Å². The molecule has 1 amide bonds. The van der Waals surface area contributed by atoms with Crippen molar-refractivity contribution in [1.29, 1.82) is 0 Å². The minimum Gasteiger partial charge on any atom is -0.407 e. The van der Waals surface area contributed by atoms with Gasteiger partial charge in [-0.15, -0.1) is 0 Å². The van der Waals surface area contributed by atoms with E-state index in [-0.39, 0.29) is 5.91 Å². The Labute approximate surface area is 89.3 Å². The van der Waals surface area contributed by atoms with Crippen molar-refractivity contribution in [1.82, 2.24) is 14.8 Å². The van der Waals surface area contributed by atoms with Crippen LogP contribution in [0.1, 0.15) is 10.5 Å². The molecule has 1 N–H and O–H groups in total. The van der Waals surface area contributed by atoms with Crippen LogP contribution >= 0.6 is 0 Å². The number of hydrogen-bond donors (Lipinski definition) is 1. The molecule has 71 valence electrons. The molecule has 0 atom stereocenters. The third-order valence-electron chi connectivity index (χ3n) is 2.16. The molecule has 0 aliphatic heterocycles. The van der Waals surface area contributed by atoms with Crippen LogP contribution in [0, 0.1) is 0 Å². The molecule has 15 heavy (non-hydrogen) atoms. The van der Waals surface area contributed by atoms with Crippen molar-refractivity contribution in [2.45, 2.75) is 0 Å². The third-order valence-corrected chi connectivity index (χ3v) is 2.16. The molecule has 2 rings (SSSR count). The smallest absolute Gasteiger partial charge is 0.257 e. The van der Waals surface area contributed by atoms with Gasteiger partial charge in [0.15, 0.2) is 7.31 Å². The molecule has 0 unspecified atom stereocenters. The Morgan fingerprint density at radius 2 is 2.33 bits per heavy atom. The second-order valence-electron chi connectivity index (χ2n) is 3.18. The Bertz CT molecular complexity index is 509. The average Bonchev–Trinajstić information content (AvgIpc) is 2.60. The van der Waals surface area contributed by atoms with E-state index in [0.717, 1.165) is 18.3 Å². The summed E-state index contributed by atoms with van der Waals surface area (Å²) < 4.78 is 1.86. The van der Waals surface area contributed by atoms with Crippen molar-refractivity contribution < 1.29 is 4.79 Å². The number of pyridine rings is 1. The molecule has 2 aromatic rings. The summed E-state index contributed by atoms with van der Waals surface area (Å²) in [6.07, 6.45) is 1.90. The third kappa shape index (κ3) is 1.75. The van der Waals surface area contributed by atoms with Crippen molar-refractivity contribution >= 4 is 32.0 Å². The molecule has 4 nitrogen and oxygen atoms in total. The van der Waals surface area contributed by atoms with Gasteiger partial charge in [0.2, 0.25) is 0 Å². The number of hydrogen-bond acceptors (Lipinski definition) is 2. The molecule has 0 spiro atoms. The Morgan fingerprint density at radius 1 is 1.53 bits per heavy atom. The van der Waals surface area contributed by atoms with E-state index < -0.39 is 0 Å². The molecule has 0 saturated heterocycles. The van der Waals surface area contributed by atoms with Crippen LogP contribution < -0.4 is 5.23 Å². The zero-order valence-corrected chi connectivity index (χ0v) is 8.27. The van der Waals surface area contributed by atoms with E-state index >= 15 is 0 Å². The van der Waals surface area contributed by atoms with Gasteiger partial charge < -0.3 is 9.79 Å². The predicted molar refractivity (Wildman–Crippen MR) is 59.7 cm³/mol. The zero-order valence-electron chi connectivity index (χ0n) is 8.27. The molecule has 0 aromatic carbocycles. The lowest BCUT2D eigenvalue weighted by atomic mass is 9.67. The Kier molecular flexibility index (Phi) is 2.49. The molecular weight excluding hydrogens is 188 g/mol. The van der Waals surface area contributed by atoms with E-state index in [1.54, 1.807) is 6.07 Å². The van der Waals surface area contributed by atoms with Gasteiger partial charge in [0.05, 0.1) is 0 Å². The summed E-state index contributed by atoms with van der Waals surface area (Å²) >= 11 is 0. The van der Waals surface area contributed by atoms with E-state index in [2.05, 4.69) is 10.2 Å². The van der Waals surface area contributed by atoms with Crippen molar-refractivity contribution in [2.24, 2.45) is 7.05 Å². The van der Waals surface area contributed by atoms with Crippen LogP contribution in [-0.4, -0.2) is 30.5 Å². The maximum absolute atomic E-state index is 11.4. The largest absolute Gasteiger partial charge is 0.407 e. The molecule has 0 saturated carbocycles. The fourth-order valence-electron chi connectivity index (χ4n) is 1.41. The Hall–Kier alpha value is -1.71. The number of aromatic nitrogens is 2. The Balaban J connectivity index is 2.45. The summed E-state index contributed by atoms with van der Waals surface area (Å²) in [4.78, 5) is 15.7. The number of rotatable bonds is 2. The maximum atomic E-state index is 11.4. The highest BCUT2D eigenvalue weighted by atomic mass is 16.1. The molecule has 0 aliphatic rings. The summed E-state index contributed by atoms with van der Waals surface area (Å²) in [5.74, 6) is -0.305. The number of carbonyl (C=O) groups excluding carboxylic acids is 1. The van der Waals surface area contributed by atoms with Gasteiger partial charge in [-0.25, -0.2) is 4.98 Å². The van der Waals surface area contributed by atoms with Gasteiger partial charge in [0.1, 0.15) is 11.3 Å². The predicted octanol–water partition coefficient (Wildman–Crippen LogP) is 0.00580. The van der Waals surface area contributed by atoms with Crippen molar-refractivity contribution in [2.75, 3.05) is 0 Å². The number of aryl methyl sites for hydroxylation is 1. The van der Waals surface area contributed by atoms with E-state index in [9.17, 15) is 4.79 Å². The number of carbonyl (C=O) groups is 1. The van der Waals surface area contributed by atoms with Crippen molar-refractivity contribution in [3.8, 4) is 0 Å². The van der Waals surface area contributed by atoms with E-state index in [0.29, 0.717) is 5.69 Å². The number of nitrogens with zero attached hydrogens (tertiary/aromatic N) is 2. The van der Waals surface area contributed by atoms with Gasteiger partial charge in [0.25, 0.3) is 5.91 Å². The van der Waals surface area contributed by atoms with Crippen molar-refractivity contribution in [3.63, 3.8) is 0 Å². The quantitative estimate of drug-likeness (QED) is 0.687. The molecule has 2 heterocycles. The highest BCUT2D eigenvalue weighted by molar-refractivity contribution is 6.89. The molecule has 0 fully saturated rings. The first-order chi connectivity index (χ1) is 7.22. The number of fused-ring (bicyclic) bond motifs is 1. The first kappa shape index (κ1) is 9.83. The van der Waals surface area contributed by atoms with Gasteiger partial charge in [0, 0.05) is 26.4 Å². The Morgan fingerprint density at radius 3 is 3.07 bits per heavy atom. The lowest BCUT2D eigenvalue weighted by Crippen LogP contribution is -2.28. The van der Waals surface area contributed by atoms with Gasteiger partial charge in [-0.05, 0) is 18.2 Å². The number of amides is 1. The first-order valence-electron chi connectivity index (χ1n) is 4.49. The second kappa shape index (κ2) is 3.81. The molecule has 6 heteroatoms. The monoisotopic (exact) mass is 196 g/mol. The minimum absolute atomic E-state index is 0.305. The molecule has 2 aromatic heterocycles. The lowest BCUT2D eigenvalue weighted by Gasteiger charge is -2.02. The van der Waals surface area contributed by atoms with E-state index in [1.165, 1.54) is 0 Å². The van der Waals surface area contributed by atoms with Crippen LogP contribution in [0.15, 0.2) is 24.4 Å². The van der Waals surface area contributed by atoms with Crippen LogP contribution in [0.2, 0.25) is 0 Å². The normalized spacial score (nSPS) is 10.2. The molecule has 0 aliphatic carbocycles. The summed E-state index contributed by atoms with van der Waals surface area (Å²) in [6, 6.07) is 5.47. The summed E-state index contributed by atoms with van der Waals surface area (Å²) in [7, 11) is 8.08. The standard InChI is InChI=1S/C9H8B2N3O/c1-14-5-4-6-2-3-7(12-8(6)14)9(15)13-11-10/h2-5H,1H3,(H,13,15). The number of nitrogens with one attached hydrogen (secondary N) is 1. The van der Waals surface area contributed by atoms with Gasteiger partial charge in [-0.2, -0.15) is 0 Å². The second-order valence-corrected chi connectivity index (χ2v) is 3.18. The van der Waals surface area contributed by atoms with Gasteiger partial charge in [-0.1, -0.05) is 0 Å². The van der Waals surface area contributed by atoms with Crippen LogP contribution in [-0.2, 0) is 7.05 Å². The zero-order chi connectivity index (χ0) is 10.8. The van der Waals surface area contributed by atoms with Crippen LogP contribution in [0.5, 0.6) is 0 Å². The summed E-state index contributed by atoms with van der Waals surface area (Å²) in [5.41, 5.74) is 1.13. The minimum atomic E-state index is -0.305. The van der Waals surface area contributed by atoms with Crippen LogP contribution in [0.25, 0.3) is 11.0 Å².